The highest BCUT2D eigenvalue weighted by atomic mass is 16.2. The number of carbonyl (C=O) groups excluding carboxylic acids is 2. The van der Waals surface area contributed by atoms with Crippen LogP contribution in [0.5, 0.6) is 0 Å². The molecule has 4 heteroatoms. The van der Waals surface area contributed by atoms with Crippen molar-refractivity contribution in [2.24, 2.45) is 0 Å². The molecule has 0 aliphatic carbocycles. The first-order valence-corrected chi connectivity index (χ1v) is 4.87. The van der Waals surface area contributed by atoms with Crippen molar-refractivity contribution in [1.82, 2.24) is 10.6 Å². The van der Waals surface area contributed by atoms with Gasteiger partial charge in [-0.1, -0.05) is 19.1 Å². The Kier molecular flexibility index (Phi) is 3.83. The normalized spacial score (nSPS) is 21.9. The predicted molar refractivity (Wildman–Crippen MR) is 53.6 cm³/mol. The van der Waals surface area contributed by atoms with Crippen molar-refractivity contribution in [3.63, 3.8) is 0 Å². The number of imide groups is 1. The van der Waals surface area contributed by atoms with Crippen LogP contribution in [0.25, 0.3) is 0 Å². The molecule has 2 N–H and O–H groups in total. The molecule has 1 aliphatic rings. The van der Waals surface area contributed by atoms with Crippen molar-refractivity contribution in [2.75, 3.05) is 6.54 Å². The maximum Gasteiger partial charge on any atom is 0.243 e. The molecule has 78 valence electrons. The van der Waals surface area contributed by atoms with E-state index in [0.29, 0.717) is 19.4 Å². The highest BCUT2D eigenvalue weighted by Gasteiger charge is 2.25. The van der Waals surface area contributed by atoms with Crippen LogP contribution >= 0.6 is 0 Å². The quantitative estimate of drug-likeness (QED) is 0.504. The Morgan fingerprint density at radius 1 is 1.64 bits per heavy atom. The molecule has 1 atom stereocenters. The lowest BCUT2D eigenvalue weighted by atomic mass is 10.1. The van der Waals surface area contributed by atoms with Crippen molar-refractivity contribution in [1.29, 1.82) is 0 Å². The van der Waals surface area contributed by atoms with Gasteiger partial charge >= 0.3 is 0 Å². The lowest BCUT2D eigenvalue weighted by molar-refractivity contribution is -0.134. The van der Waals surface area contributed by atoms with E-state index >= 15 is 0 Å². The van der Waals surface area contributed by atoms with Crippen molar-refractivity contribution in [2.45, 2.75) is 32.2 Å². The third kappa shape index (κ3) is 2.96. The summed E-state index contributed by atoms with van der Waals surface area (Å²) in [5.74, 6) is -0.396. The highest BCUT2D eigenvalue weighted by Crippen LogP contribution is 2.05. The molecule has 1 saturated heterocycles. The molecular formula is C10H16N2O2. The second-order valence-electron chi connectivity index (χ2n) is 3.49. The van der Waals surface area contributed by atoms with Crippen LogP contribution in [0.2, 0.25) is 0 Å². The smallest absolute Gasteiger partial charge is 0.243 e. The second kappa shape index (κ2) is 4.91. The molecule has 1 fully saturated rings. The van der Waals surface area contributed by atoms with Crippen LogP contribution in [0.4, 0.5) is 0 Å². The SMILES string of the molecule is C=C(CC)CN[C@H]1CCC(=O)NC1=O. The monoisotopic (exact) mass is 196 g/mol. The molecular weight excluding hydrogens is 180 g/mol. The Morgan fingerprint density at radius 3 is 2.93 bits per heavy atom. The molecule has 1 heterocycles. The summed E-state index contributed by atoms with van der Waals surface area (Å²) in [5, 5.41) is 5.38. The number of rotatable bonds is 4. The molecule has 0 aromatic rings. The number of piperidine rings is 1. The van der Waals surface area contributed by atoms with Crippen molar-refractivity contribution in [3.05, 3.63) is 12.2 Å². The van der Waals surface area contributed by atoms with Crippen molar-refractivity contribution >= 4 is 11.8 Å². The summed E-state index contributed by atoms with van der Waals surface area (Å²) in [7, 11) is 0. The van der Waals surface area contributed by atoms with Gasteiger partial charge in [0.2, 0.25) is 11.8 Å². The molecule has 0 aromatic heterocycles. The van der Waals surface area contributed by atoms with Crippen LogP contribution in [0, 0.1) is 0 Å². The number of nitrogens with one attached hydrogen (secondary N) is 2. The molecule has 1 aliphatic heterocycles. The number of carbonyl (C=O) groups is 2. The van der Waals surface area contributed by atoms with Crippen LogP contribution in [0.15, 0.2) is 12.2 Å². The zero-order chi connectivity index (χ0) is 10.6. The molecule has 2 amide bonds. The number of hydrogen-bond acceptors (Lipinski definition) is 3. The van der Waals surface area contributed by atoms with Crippen LogP contribution in [0.1, 0.15) is 26.2 Å². The minimum absolute atomic E-state index is 0.178. The fourth-order valence-corrected chi connectivity index (χ4v) is 1.28. The Bertz CT molecular complexity index is 261. The van der Waals surface area contributed by atoms with Gasteiger partial charge in [-0.2, -0.15) is 0 Å². The van der Waals surface area contributed by atoms with Gasteiger partial charge in [0.25, 0.3) is 0 Å². The van der Waals surface area contributed by atoms with Gasteiger partial charge in [0.1, 0.15) is 0 Å². The average Bonchev–Trinajstić information content (AvgIpc) is 2.16. The van der Waals surface area contributed by atoms with E-state index in [9.17, 15) is 9.59 Å². The minimum atomic E-state index is -0.240. The lowest BCUT2D eigenvalue weighted by Crippen LogP contribution is -2.50. The van der Waals surface area contributed by atoms with Gasteiger partial charge in [-0.3, -0.25) is 14.9 Å². The summed E-state index contributed by atoms with van der Waals surface area (Å²) in [6.45, 7) is 6.50. The first kappa shape index (κ1) is 10.9. The predicted octanol–water partition coefficient (Wildman–Crippen LogP) is 0.347. The maximum absolute atomic E-state index is 11.3. The number of amides is 2. The van der Waals surface area contributed by atoms with Crippen LogP contribution in [-0.4, -0.2) is 24.4 Å². The summed E-state index contributed by atoms with van der Waals surface area (Å²) >= 11 is 0. The van der Waals surface area contributed by atoms with E-state index in [1.807, 2.05) is 6.92 Å². The van der Waals surface area contributed by atoms with E-state index in [2.05, 4.69) is 17.2 Å². The number of hydrogen-bond donors (Lipinski definition) is 2. The molecule has 1 rings (SSSR count). The van der Waals surface area contributed by atoms with Crippen LogP contribution in [-0.2, 0) is 9.59 Å². The van der Waals surface area contributed by atoms with E-state index in [0.717, 1.165) is 12.0 Å². The fourth-order valence-electron chi connectivity index (χ4n) is 1.28. The van der Waals surface area contributed by atoms with Gasteiger partial charge in [-0.15, -0.1) is 0 Å². The molecule has 0 spiro atoms. The molecule has 4 nitrogen and oxygen atoms in total. The second-order valence-corrected chi connectivity index (χ2v) is 3.49. The summed E-state index contributed by atoms with van der Waals surface area (Å²) in [5.41, 5.74) is 1.06. The first-order chi connectivity index (χ1) is 6.63. The third-order valence-electron chi connectivity index (χ3n) is 2.34. The summed E-state index contributed by atoms with van der Waals surface area (Å²) in [6.07, 6.45) is 1.91. The fraction of sp³-hybridized carbons (Fsp3) is 0.600. The molecule has 0 aromatic carbocycles. The topological polar surface area (TPSA) is 58.2 Å². The zero-order valence-electron chi connectivity index (χ0n) is 8.43. The van der Waals surface area contributed by atoms with Crippen molar-refractivity contribution < 1.29 is 9.59 Å². The maximum atomic E-state index is 11.3. The van der Waals surface area contributed by atoms with E-state index in [4.69, 9.17) is 0 Å². The van der Waals surface area contributed by atoms with E-state index in [1.165, 1.54) is 0 Å². The van der Waals surface area contributed by atoms with E-state index in [1.54, 1.807) is 0 Å². The van der Waals surface area contributed by atoms with Crippen LogP contribution < -0.4 is 10.6 Å². The van der Waals surface area contributed by atoms with Gasteiger partial charge in [0.15, 0.2) is 0 Å². The highest BCUT2D eigenvalue weighted by molar-refractivity contribution is 6.00. The third-order valence-corrected chi connectivity index (χ3v) is 2.34. The summed E-state index contributed by atoms with van der Waals surface area (Å²) < 4.78 is 0. The van der Waals surface area contributed by atoms with Gasteiger partial charge in [0, 0.05) is 13.0 Å². The standard InChI is InChI=1S/C10H16N2O2/c1-3-7(2)6-11-8-4-5-9(13)12-10(8)14/h8,11H,2-6H2,1H3,(H,12,13,14)/t8-/m0/s1. The van der Waals surface area contributed by atoms with Crippen LogP contribution in [0.3, 0.4) is 0 Å². The van der Waals surface area contributed by atoms with Gasteiger partial charge in [-0.25, -0.2) is 0 Å². The molecule has 14 heavy (non-hydrogen) atoms. The molecule has 0 bridgehead atoms. The average molecular weight is 196 g/mol. The van der Waals surface area contributed by atoms with E-state index in [-0.39, 0.29) is 17.9 Å². The largest absolute Gasteiger partial charge is 0.302 e. The Hall–Kier alpha value is -1.16. The van der Waals surface area contributed by atoms with Gasteiger partial charge < -0.3 is 5.32 Å². The molecule has 0 radical (unpaired) electrons. The van der Waals surface area contributed by atoms with Crippen molar-refractivity contribution in [3.8, 4) is 0 Å². The Morgan fingerprint density at radius 2 is 2.36 bits per heavy atom. The molecule has 0 saturated carbocycles. The zero-order valence-corrected chi connectivity index (χ0v) is 8.43. The van der Waals surface area contributed by atoms with Gasteiger partial charge in [0.05, 0.1) is 6.04 Å². The molecule has 0 unspecified atom stereocenters. The minimum Gasteiger partial charge on any atom is -0.302 e. The first-order valence-electron chi connectivity index (χ1n) is 4.87. The Balaban J connectivity index is 2.34. The summed E-state index contributed by atoms with van der Waals surface area (Å²) in [4.78, 5) is 22.1. The Labute approximate surface area is 83.8 Å². The van der Waals surface area contributed by atoms with Gasteiger partial charge in [-0.05, 0) is 12.8 Å². The summed E-state index contributed by atoms with van der Waals surface area (Å²) in [6, 6.07) is -0.240. The lowest BCUT2D eigenvalue weighted by Gasteiger charge is -2.22. The van der Waals surface area contributed by atoms with E-state index < -0.39 is 0 Å².